The minimum absolute atomic E-state index is 0.252. The van der Waals surface area contributed by atoms with E-state index in [1.807, 2.05) is 18.3 Å². The summed E-state index contributed by atoms with van der Waals surface area (Å²) in [7, 11) is 0. The van der Waals surface area contributed by atoms with Gasteiger partial charge in [-0.3, -0.25) is 0 Å². The first-order valence-electron chi connectivity index (χ1n) is 7.81. The van der Waals surface area contributed by atoms with Gasteiger partial charge in [0.15, 0.2) is 5.82 Å². The standard InChI is InChI=1S/C15H23N7/c1-12(11-21-6-2-3-7-21)10-17-13-9-14(20-15(16)19-13)22-8-4-5-18-22/h4-5,8-9,12H,2-3,6-7,10-11H2,1H3,(H3,16,17,19,20)/t12-/m1/s1. The third-order valence-corrected chi connectivity index (χ3v) is 3.87. The van der Waals surface area contributed by atoms with Crippen molar-refractivity contribution in [2.24, 2.45) is 5.92 Å². The van der Waals surface area contributed by atoms with Gasteiger partial charge in [0.05, 0.1) is 0 Å². The van der Waals surface area contributed by atoms with Crippen molar-refractivity contribution in [3.63, 3.8) is 0 Å². The van der Waals surface area contributed by atoms with E-state index in [4.69, 9.17) is 5.73 Å². The number of likely N-dealkylation sites (tertiary alicyclic amines) is 1. The molecule has 0 radical (unpaired) electrons. The highest BCUT2D eigenvalue weighted by atomic mass is 15.3. The first kappa shape index (κ1) is 14.8. The Morgan fingerprint density at radius 2 is 2.14 bits per heavy atom. The van der Waals surface area contributed by atoms with E-state index < -0.39 is 0 Å². The maximum Gasteiger partial charge on any atom is 0.224 e. The molecule has 7 nitrogen and oxygen atoms in total. The summed E-state index contributed by atoms with van der Waals surface area (Å²) in [6.45, 7) is 6.71. The van der Waals surface area contributed by atoms with Crippen LogP contribution >= 0.6 is 0 Å². The summed E-state index contributed by atoms with van der Waals surface area (Å²) in [6, 6.07) is 3.72. The van der Waals surface area contributed by atoms with E-state index in [-0.39, 0.29) is 5.95 Å². The lowest BCUT2D eigenvalue weighted by atomic mass is 10.1. The molecule has 7 heteroatoms. The SMILES string of the molecule is C[C@H](CNc1cc(-n2cccn2)nc(N)n1)CN1CCCC1. The van der Waals surface area contributed by atoms with Gasteiger partial charge in [-0.1, -0.05) is 6.92 Å². The van der Waals surface area contributed by atoms with Crippen molar-refractivity contribution in [2.75, 3.05) is 37.2 Å². The number of hydrogen-bond donors (Lipinski definition) is 2. The molecule has 0 bridgehead atoms. The maximum atomic E-state index is 5.79. The summed E-state index contributed by atoms with van der Waals surface area (Å²) >= 11 is 0. The molecule has 2 aromatic heterocycles. The van der Waals surface area contributed by atoms with Gasteiger partial charge in [0, 0.05) is 31.5 Å². The molecule has 0 aliphatic carbocycles. The Hall–Kier alpha value is -2.15. The first-order chi connectivity index (χ1) is 10.7. The molecule has 2 aromatic rings. The fourth-order valence-electron chi connectivity index (χ4n) is 2.81. The number of nitrogen functional groups attached to an aromatic ring is 1. The minimum atomic E-state index is 0.252. The van der Waals surface area contributed by atoms with Crippen LogP contribution in [0.3, 0.4) is 0 Å². The number of anilines is 2. The van der Waals surface area contributed by atoms with Crippen LogP contribution in [0.15, 0.2) is 24.5 Å². The monoisotopic (exact) mass is 301 g/mol. The maximum absolute atomic E-state index is 5.79. The van der Waals surface area contributed by atoms with Crippen molar-refractivity contribution < 1.29 is 0 Å². The van der Waals surface area contributed by atoms with Gasteiger partial charge in [0.25, 0.3) is 0 Å². The van der Waals surface area contributed by atoms with E-state index in [2.05, 4.69) is 32.2 Å². The quantitative estimate of drug-likeness (QED) is 0.838. The van der Waals surface area contributed by atoms with Crippen LogP contribution in [-0.4, -0.2) is 50.8 Å². The lowest BCUT2D eigenvalue weighted by molar-refractivity contribution is 0.294. The fourth-order valence-corrected chi connectivity index (χ4v) is 2.81. The van der Waals surface area contributed by atoms with Crippen LogP contribution < -0.4 is 11.1 Å². The highest BCUT2D eigenvalue weighted by Crippen LogP contribution is 2.14. The number of aromatic nitrogens is 4. The highest BCUT2D eigenvalue weighted by Gasteiger charge is 2.14. The highest BCUT2D eigenvalue weighted by molar-refractivity contribution is 5.45. The van der Waals surface area contributed by atoms with Gasteiger partial charge < -0.3 is 16.0 Å². The minimum Gasteiger partial charge on any atom is -0.370 e. The third kappa shape index (κ3) is 3.73. The van der Waals surface area contributed by atoms with E-state index in [1.54, 1.807) is 10.9 Å². The molecule has 0 saturated carbocycles. The van der Waals surface area contributed by atoms with Crippen LogP contribution in [0.2, 0.25) is 0 Å². The molecular formula is C15H23N7. The fraction of sp³-hybridized carbons (Fsp3) is 0.533. The van der Waals surface area contributed by atoms with Crippen molar-refractivity contribution in [1.29, 1.82) is 0 Å². The van der Waals surface area contributed by atoms with Gasteiger partial charge in [0.2, 0.25) is 5.95 Å². The molecule has 118 valence electrons. The Kier molecular flexibility index (Phi) is 4.53. The van der Waals surface area contributed by atoms with Gasteiger partial charge in [-0.25, -0.2) is 4.68 Å². The number of nitrogens with two attached hydrogens (primary N) is 1. The predicted octanol–water partition coefficient (Wildman–Crippen LogP) is 1.39. The number of nitrogens with one attached hydrogen (secondary N) is 1. The normalized spacial score (nSPS) is 16.8. The largest absolute Gasteiger partial charge is 0.370 e. The Morgan fingerprint density at radius 3 is 2.86 bits per heavy atom. The summed E-state index contributed by atoms with van der Waals surface area (Å²) in [5, 5.41) is 7.53. The zero-order chi connectivity index (χ0) is 15.4. The van der Waals surface area contributed by atoms with Crippen LogP contribution in [0.25, 0.3) is 5.82 Å². The molecule has 22 heavy (non-hydrogen) atoms. The molecule has 3 heterocycles. The van der Waals surface area contributed by atoms with E-state index in [9.17, 15) is 0 Å². The molecule has 1 aliphatic rings. The Bertz CT molecular complexity index is 590. The van der Waals surface area contributed by atoms with E-state index >= 15 is 0 Å². The number of rotatable bonds is 6. The molecule has 3 N–H and O–H groups in total. The summed E-state index contributed by atoms with van der Waals surface area (Å²) in [5.41, 5.74) is 5.79. The summed E-state index contributed by atoms with van der Waals surface area (Å²) in [6.07, 6.45) is 6.21. The second-order valence-electron chi connectivity index (χ2n) is 5.91. The zero-order valence-corrected chi connectivity index (χ0v) is 12.9. The molecule has 1 aliphatic heterocycles. The van der Waals surface area contributed by atoms with Crippen LogP contribution in [0.1, 0.15) is 19.8 Å². The average molecular weight is 301 g/mol. The van der Waals surface area contributed by atoms with Gasteiger partial charge in [-0.05, 0) is 37.9 Å². The first-order valence-corrected chi connectivity index (χ1v) is 7.81. The van der Waals surface area contributed by atoms with Crippen LogP contribution in [0.4, 0.5) is 11.8 Å². The molecule has 0 aromatic carbocycles. The molecule has 0 amide bonds. The Balaban J connectivity index is 1.60. The van der Waals surface area contributed by atoms with Crippen molar-refractivity contribution in [3.05, 3.63) is 24.5 Å². The average Bonchev–Trinajstić information content (AvgIpc) is 3.18. The van der Waals surface area contributed by atoms with E-state index in [0.717, 1.165) is 18.9 Å². The van der Waals surface area contributed by atoms with Crippen molar-refractivity contribution in [1.82, 2.24) is 24.6 Å². The van der Waals surface area contributed by atoms with Crippen molar-refractivity contribution in [3.8, 4) is 5.82 Å². The number of nitrogens with zero attached hydrogens (tertiary/aromatic N) is 5. The Labute approximate surface area is 130 Å². The zero-order valence-electron chi connectivity index (χ0n) is 12.9. The van der Waals surface area contributed by atoms with Gasteiger partial charge in [-0.2, -0.15) is 15.1 Å². The van der Waals surface area contributed by atoms with Crippen molar-refractivity contribution in [2.45, 2.75) is 19.8 Å². The molecule has 1 saturated heterocycles. The summed E-state index contributed by atoms with van der Waals surface area (Å²) in [5.74, 6) is 2.23. The van der Waals surface area contributed by atoms with E-state index in [0.29, 0.717) is 11.7 Å². The Morgan fingerprint density at radius 1 is 1.32 bits per heavy atom. The second-order valence-corrected chi connectivity index (χ2v) is 5.91. The van der Waals surface area contributed by atoms with E-state index in [1.165, 1.54) is 25.9 Å². The summed E-state index contributed by atoms with van der Waals surface area (Å²) in [4.78, 5) is 11.0. The lowest BCUT2D eigenvalue weighted by Gasteiger charge is -2.20. The molecule has 0 spiro atoms. The van der Waals surface area contributed by atoms with Gasteiger partial charge in [0.1, 0.15) is 5.82 Å². The summed E-state index contributed by atoms with van der Waals surface area (Å²) < 4.78 is 1.68. The molecule has 0 unspecified atom stereocenters. The molecular weight excluding hydrogens is 278 g/mol. The van der Waals surface area contributed by atoms with Crippen LogP contribution in [0, 0.1) is 5.92 Å². The predicted molar refractivity (Wildman–Crippen MR) is 86.9 cm³/mol. The second kappa shape index (κ2) is 6.74. The third-order valence-electron chi connectivity index (χ3n) is 3.87. The molecule has 1 atom stereocenters. The molecule has 3 rings (SSSR count). The number of hydrogen-bond acceptors (Lipinski definition) is 6. The van der Waals surface area contributed by atoms with Gasteiger partial charge in [-0.15, -0.1) is 0 Å². The lowest BCUT2D eigenvalue weighted by Crippen LogP contribution is -2.29. The van der Waals surface area contributed by atoms with Crippen molar-refractivity contribution >= 4 is 11.8 Å². The smallest absolute Gasteiger partial charge is 0.224 e. The van der Waals surface area contributed by atoms with Gasteiger partial charge >= 0.3 is 0 Å². The van der Waals surface area contributed by atoms with Crippen LogP contribution in [0.5, 0.6) is 0 Å². The topological polar surface area (TPSA) is 84.9 Å². The molecule has 1 fully saturated rings. The van der Waals surface area contributed by atoms with Crippen LogP contribution in [-0.2, 0) is 0 Å².